The monoisotopic (exact) mass is 156 g/mol. The molecule has 1 unspecified atom stereocenters. The highest BCUT2D eigenvalue weighted by Gasteiger charge is 2.14. The van der Waals surface area contributed by atoms with Crippen LogP contribution >= 0.6 is 19.5 Å². The standard InChI is InChI=1S/C3H6ClO3P/c1-2-3-8(5,6)7-4/h2H,1,3H2,(H,5,6). The molecule has 0 saturated carbocycles. The first-order valence-corrected chi connectivity index (χ1v) is 3.92. The molecule has 0 aromatic rings. The Morgan fingerprint density at radius 3 is 2.62 bits per heavy atom. The molecule has 1 N–H and O–H groups in total. The molecule has 0 amide bonds. The molecule has 0 aromatic carbocycles. The van der Waals surface area contributed by atoms with Crippen LogP contribution in [0.5, 0.6) is 0 Å². The highest BCUT2D eigenvalue weighted by Crippen LogP contribution is 2.42. The van der Waals surface area contributed by atoms with E-state index in [-0.39, 0.29) is 6.16 Å². The van der Waals surface area contributed by atoms with Crippen LogP contribution in [-0.4, -0.2) is 11.1 Å². The van der Waals surface area contributed by atoms with Crippen molar-refractivity contribution in [3.05, 3.63) is 12.7 Å². The molecule has 3 nitrogen and oxygen atoms in total. The Bertz CT molecular complexity index is 124. The molecule has 0 spiro atoms. The molecule has 0 fully saturated rings. The van der Waals surface area contributed by atoms with Crippen LogP contribution in [-0.2, 0) is 8.64 Å². The summed E-state index contributed by atoms with van der Waals surface area (Å²) in [5.74, 6) is 0. The maximum atomic E-state index is 10.3. The van der Waals surface area contributed by atoms with E-state index in [2.05, 4.69) is 22.5 Å². The molecule has 0 aliphatic rings. The van der Waals surface area contributed by atoms with Crippen LogP contribution in [0.2, 0.25) is 0 Å². The highest BCUT2D eigenvalue weighted by atomic mass is 35.5. The van der Waals surface area contributed by atoms with Gasteiger partial charge in [0.05, 0.1) is 18.0 Å². The highest BCUT2D eigenvalue weighted by molar-refractivity contribution is 7.53. The SMILES string of the molecule is C=CCP(=O)(O)OCl. The van der Waals surface area contributed by atoms with Crippen molar-refractivity contribution in [1.29, 1.82) is 0 Å². The van der Waals surface area contributed by atoms with E-state index in [0.29, 0.717) is 0 Å². The Balaban J connectivity index is 3.72. The summed E-state index contributed by atoms with van der Waals surface area (Å²) >= 11 is 4.61. The summed E-state index contributed by atoms with van der Waals surface area (Å²) < 4.78 is 14.0. The first-order chi connectivity index (χ1) is 3.62. The summed E-state index contributed by atoms with van der Waals surface area (Å²) in [5.41, 5.74) is 0. The Labute approximate surface area is 52.6 Å². The van der Waals surface area contributed by atoms with E-state index in [1.807, 2.05) is 0 Å². The number of rotatable bonds is 3. The van der Waals surface area contributed by atoms with Crippen molar-refractivity contribution in [3.8, 4) is 0 Å². The van der Waals surface area contributed by atoms with Crippen molar-refractivity contribution in [2.45, 2.75) is 0 Å². The van der Waals surface area contributed by atoms with Gasteiger partial charge < -0.3 is 4.89 Å². The third kappa shape index (κ3) is 3.22. The smallest absolute Gasteiger partial charge is 0.323 e. The lowest BCUT2D eigenvalue weighted by molar-refractivity contribution is 0.398. The minimum atomic E-state index is -3.53. The van der Waals surface area contributed by atoms with Crippen LogP contribution in [0.1, 0.15) is 0 Å². The lowest BCUT2D eigenvalue weighted by Crippen LogP contribution is -1.81. The normalized spacial score (nSPS) is 17.2. The summed E-state index contributed by atoms with van der Waals surface area (Å²) in [5, 5.41) is 0. The van der Waals surface area contributed by atoms with Crippen molar-refractivity contribution in [1.82, 2.24) is 0 Å². The molecule has 0 rings (SSSR count). The van der Waals surface area contributed by atoms with Gasteiger partial charge in [-0.25, -0.2) is 0 Å². The third-order valence-corrected chi connectivity index (χ3v) is 2.05. The van der Waals surface area contributed by atoms with E-state index in [0.717, 1.165) is 0 Å². The van der Waals surface area contributed by atoms with Gasteiger partial charge in [-0.05, 0) is 0 Å². The van der Waals surface area contributed by atoms with Crippen LogP contribution in [0.15, 0.2) is 12.7 Å². The fourth-order valence-corrected chi connectivity index (χ4v) is 0.743. The van der Waals surface area contributed by atoms with E-state index in [4.69, 9.17) is 4.89 Å². The molecular formula is C3H6ClO3P. The van der Waals surface area contributed by atoms with E-state index < -0.39 is 7.60 Å². The molecule has 0 aromatic heterocycles. The number of hydrogen-bond acceptors (Lipinski definition) is 2. The molecular weight excluding hydrogens is 150 g/mol. The van der Waals surface area contributed by atoms with E-state index in [1.165, 1.54) is 6.08 Å². The van der Waals surface area contributed by atoms with E-state index in [1.54, 1.807) is 0 Å². The fraction of sp³-hybridized carbons (Fsp3) is 0.333. The van der Waals surface area contributed by atoms with Crippen molar-refractivity contribution in [2.24, 2.45) is 0 Å². The molecule has 0 heterocycles. The molecule has 0 saturated heterocycles. The van der Waals surface area contributed by atoms with Gasteiger partial charge in [0.1, 0.15) is 0 Å². The minimum absolute atomic E-state index is 0.115. The van der Waals surface area contributed by atoms with Gasteiger partial charge in [-0.2, -0.15) is 4.08 Å². The molecule has 0 bridgehead atoms. The van der Waals surface area contributed by atoms with Crippen LogP contribution < -0.4 is 0 Å². The van der Waals surface area contributed by atoms with Crippen LogP contribution in [0.3, 0.4) is 0 Å². The molecule has 0 aliphatic carbocycles. The third-order valence-electron chi connectivity index (χ3n) is 0.468. The van der Waals surface area contributed by atoms with Gasteiger partial charge in [0.15, 0.2) is 0 Å². The molecule has 0 radical (unpaired) electrons. The van der Waals surface area contributed by atoms with Gasteiger partial charge in [-0.3, -0.25) is 4.57 Å². The Hall–Kier alpha value is 0.180. The topological polar surface area (TPSA) is 46.5 Å². The quantitative estimate of drug-likeness (QED) is 0.498. The van der Waals surface area contributed by atoms with Crippen LogP contribution in [0.25, 0.3) is 0 Å². The number of halogens is 1. The van der Waals surface area contributed by atoms with Crippen LogP contribution in [0, 0.1) is 0 Å². The van der Waals surface area contributed by atoms with Gasteiger partial charge >= 0.3 is 7.60 Å². The zero-order valence-corrected chi connectivity index (χ0v) is 5.73. The number of hydrogen-bond donors (Lipinski definition) is 1. The van der Waals surface area contributed by atoms with Gasteiger partial charge in [-0.15, -0.1) is 6.58 Å². The molecule has 5 heteroatoms. The lowest BCUT2D eigenvalue weighted by atomic mass is 10.8. The maximum absolute atomic E-state index is 10.3. The second-order valence-corrected chi connectivity index (χ2v) is 3.37. The Kier molecular flexibility index (Phi) is 3.33. The first kappa shape index (κ1) is 8.18. The van der Waals surface area contributed by atoms with Crippen LogP contribution in [0.4, 0.5) is 0 Å². The zero-order valence-electron chi connectivity index (χ0n) is 4.08. The van der Waals surface area contributed by atoms with Crippen molar-refractivity contribution in [3.63, 3.8) is 0 Å². The van der Waals surface area contributed by atoms with Gasteiger partial charge in [0.2, 0.25) is 0 Å². The minimum Gasteiger partial charge on any atom is -0.323 e. The Morgan fingerprint density at radius 1 is 2.00 bits per heavy atom. The summed E-state index contributed by atoms with van der Waals surface area (Å²) in [6, 6.07) is 0. The molecule has 1 atom stereocenters. The molecule has 0 aliphatic heterocycles. The van der Waals surface area contributed by atoms with E-state index >= 15 is 0 Å². The Morgan fingerprint density at radius 2 is 2.50 bits per heavy atom. The lowest BCUT2D eigenvalue weighted by Gasteiger charge is -1.99. The largest absolute Gasteiger partial charge is 0.348 e. The fourth-order valence-electron chi connectivity index (χ4n) is 0.191. The zero-order chi connectivity index (χ0) is 6.62. The van der Waals surface area contributed by atoms with Gasteiger partial charge in [0, 0.05) is 0 Å². The summed E-state index contributed by atoms with van der Waals surface area (Å²) in [6.45, 7) is 3.22. The summed E-state index contributed by atoms with van der Waals surface area (Å²) in [7, 11) is -3.53. The van der Waals surface area contributed by atoms with E-state index in [9.17, 15) is 4.57 Å². The molecule has 8 heavy (non-hydrogen) atoms. The molecule has 48 valence electrons. The van der Waals surface area contributed by atoms with Crippen molar-refractivity contribution >= 4 is 19.5 Å². The first-order valence-electron chi connectivity index (χ1n) is 1.85. The average Bonchev–Trinajstić information content (AvgIpc) is 1.67. The second kappa shape index (κ2) is 3.25. The second-order valence-electron chi connectivity index (χ2n) is 1.18. The summed E-state index contributed by atoms with van der Waals surface area (Å²) in [6.07, 6.45) is 1.15. The predicted molar refractivity (Wildman–Crippen MR) is 31.8 cm³/mol. The summed E-state index contributed by atoms with van der Waals surface area (Å²) in [4.78, 5) is 8.45. The average molecular weight is 157 g/mol. The van der Waals surface area contributed by atoms with Gasteiger partial charge in [-0.1, -0.05) is 6.08 Å². The number of allylic oxidation sites excluding steroid dienone is 1. The maximum Gasteiger partial charge on any atom is 0.348 e. The van der Waals surface area contributed by atoms with Gasteiger partial charge in [0.25, 0.3) is 0 Å². The van der Waals surface area contributed by atoms with Crippen molar-refractivity contribution < 1.29 is 13.5 Å². The predicted octanol–water partition coefficient (Wildman–Crippen LogP) is 1.53. The van der Waals surface area contributed by atoms with Crippen molar-refractivity contribution in [2.75, 3.05) is 6.16 Å².